The molecule has 2 unspecified atom stereocenters. The summed E-state index contributed by atoms with van der Waals surface area (Å²) < 4.78 is 22.2. The molecule has 0 amide bonds. The first kappa shape index (κ1) is 11.8. The molecule has 2 atom stereocenters. The maximum Gasteiger partial charge on any atom is 0.745 e. The van der Waals surface area contributed by atoms with E-state index in [2.05, 4.69) is 4.31 Å². The molecule has 2 N–H and O–H groups in total. The second-order valence-electron chi connectivity index (χ2n) is 0.557. The van der Waals surface area contributed by atoms with E-state index in [0.29, 0.717) is 0 Å². The van der Waals surface area contributed by atoms with Crippen molar-refractivity contribution in [2.75, 3.05) is 0 Å². The van der Waals surface area contributed by atoms with E-state index in [9.17, 15) is 9.13 Å². The summed E-state index contributed by atoms with van der Waals surface area (Å²) in [6.07, 6.45) is 0. The van der Waals surface area contributed by atoms with E-state index in [1.807, 2.05) is 0 Å². The smallest absolute Gasteiger partial charge is 0.131 e. The first-order chi connectivity index (χ1) is 3.13. The van der Waals surface area contributed by atoms with Gasteiger partial charge in [0.1, 0.15) is 0 Å². The zero-order valence-electron chi connectivity index (χ0n) is 4.01. The molecule has 0 bridgehead atoms. The second-order valence-corrected chi connectivity index (χ2v) is 2.16. The molecule has 0 heterocycles. The molecule has 0 aromatic rings. The molecule has 0 saturated carbocycles. The third kappa shape index (κ3) is 10.1. The van der Waals surface area contributed by atoms with Gasteiger partial charge in [-0.25, -0.2) is 0 Å². The van der Waals surface area contributed by atoms with Crippen molar-refractivity contribution in [2.24, 2.45) is 0 Å². The molecule has 0 aliphatic carbocycles. The van der Waals surface area contributed by atoms with E-state index in [1.165, 1.54) is 0 Å². The van der Waals surface area contributed by atoms with Crippen LogP contribution in [0.5, 0.6) is 0 Å². The average molecular weight is 167 g/mol. The third-order valence-electron chi connectivity index (χ3n) is 0.140. The Morgan fingerprint density at radius 1 is 1.12 bits per heavy atom. The Bertz CT molecular complexity index is 86.6. The monoisotopic (exact) mass is 167 g/mol. The predicted molar refractivity (Wildman–Crippen MR) is 26.5 cm³/mol. The molecule has 0 fully saturated rings. The normalized spacial score (nSPS) is 11.8. The minimum absolute atomic E-state index is 0. The predicted octanol–water partition coefficient (Wildman–Crippen LogP) is -0.0784. The summed E-state index contributed by atoms with van der Waals surface area (Å²) in [5.74, 6) is 0. The Labute approximate surface area is 69.2 Å². The fourth-order valence-electron chi connectivity index (χ4n) is 0.0598. The first-order valence-electron chi connectivity index (χ1n) is 1.13. The van der Waals surface area contributed by atoms with E-state index in [1.54, 1.807) is 0 Å². The van der Waals surface area contributed by atoms with Crippen LogP contribution in [0, 0.1) is 0 Å². The van der Waals surface area contributed by atoms with Crippen molar-refractivity contribution >= 4 is 46.1 Å². The minimum atomic E-state index is -2.92. The number of rotatable bonds is 2. The molecular weight excluding hydrogens is 165 g/mol. The van der Waals surface area contributed by atoms with Crippen LogP contribution in [-0.2, 0) is 13.4 Å². The van der Waals surface area contributed by atoms with Crippen molar-refractivity contribution in [3.63, 3.8) is 0 Å². The van der Waals surface area contributed by atoms with E-state index in [-0.39, 0.29) is 29.6 Å². The summed E-state index contributed by atoms with van der Waals surface area (Å²) in [5.41, 5.74) is 0. The molecule has 0 aliphatic heterocycles. The van der Waals surface area contributed by atoms with E-state index >= 15 is 0 Å². The SMILES string of the molecule is O=[P+](O)O[P+](=O)O.[Na]. The number of hydrogen-bond donors (Lipinski definition) is 2. The Kier molecular flexibility index (Phi) is 9.17. The van der Waals surface area contributed by atoms with Gasteiger partial charge in [0.15, 0.2) is 4.31 Å². The van der Waals surface area contributed by atoms with Crippen LogP contribution < -0.4 is 0 Å². The van der Waals surface area contributed by atoms with E-state index in [4.69, 9.17) is 9.79 Å². The molecule has 41 valence electrons. The van der Waals surface area contributed by atoms with Crippen molar-refractivity contribution < 1.29 is 23.2 Å². The Morgan fingerprint density at radius 2 is 1.38 bits per heavy atom. The molecule has 0 spiro atoms. The summed E-state index contributed by atoms with van der Waals surface area (Å²) in [4.78, 5) is 15.3. The number of hydrogen-bond acceptors (Lipinski definition) is 3. The van der Waals surface area contributed by atoms with Gasteiger partial charge in [0, 0.05) is 38.7 Å². The van der Waals surface area contributed by atoms with Gasteiger partial charge in [-0.05, 0) is 0 Å². The van der Waals surface area contributed by atoms with Crippen LogP contribution in [0.25, 0.3) is 0 Å². The summed E-state index contributed by atoms with van der Waals surface area (Å²) in [6.45, 7) is 0. The standard InChI is InChI=1S/Na.O5P2/c;1-6(2)5-7(3)4/p+2. The van der Waals surface area contributed by atoms with Gasteiger partial charge in [0.25, 0.3) is 0 Å². The van der Waals surface area contributed by atoms with Crippen LogP contribution in [0.3, 0.4) is 0 Å². The van der Waals surface area contributed by atoms with Gasteiger partial charge in [0.05, 0.1) is 0 Å². The largest absolute Gasteiger partial charge is 0.745 e. The molecular formula is H2NaO5P2+2. The second kappa shape index (κ2) is 6.20. The molecule has 0 rings (SSSR count). The third-order valence-corrected chi connectivity index (χ3v) is 1.26. The van der Waals surface area contributed by atoms with Crippen LogP contribution >= 0.6 is 16.5 Å². The quantitative estimate of drug-likeness (QED) is 0.443. The van der Waals surface area contributed by atoms with Gasteiger partial charge in [-0.2, -0.15) is 0 Å². The fraction of sp³-hybridized carbons (Fsp3) is 0. The van der Waals surface area contributed by atoms with Crippen molar-refractivity contribution in [2.45, 2.75) is 0 Å². The van der Waals surface area contributed by atoms with E-state index in [0.717, 1.165) is 0 Å². The van der Waals surface area contributed by atoms with Gasteiger partial charge in [-0.3, -0.25) is 0 Å². The summed E-state index contributed by atoms with van der Waals surface area (Å²) in [7, 11) is -5.85. The average Bonchev–Trinajstić information content (AvgIpc) is 1.27. The molecule has 0 aliphatic rings. The topological polar surface area (TPSA) is 83.8 Å². The fourth-order valence-corrected chi connectivity index (χ4v) is 0.538. The van der Waals surface area contributed by atoms with Gasteiger partial charge in [-0.1, -0.05) is 0 Å². The zero-order chi connectivity index (χ0) is 5.86. The van der Waals surface area contributed by atoms with Crippen LogP contribution in [0.4, 0.5) is 0 Å². The summed E-state index contributed by atoms with van der Waals surface area (Å²) in [6, 6.07) is 0. The van der Waals surface area contributed by atoms with E-state index < -0.39 is 16.5 Å². The summed E-state index contributed by atoms with van der Waals surface area (Å²) in [5, 5.41) is 0. The van der Waals surface area contributed by atoms with Crippen molar-refractivity contribution in [3.8, 4) is 0 Å². The van der Waals surface area contributed by atoms with Gasteiger partial charge in [-0.15, -0.1) is 9.79 Å². The van der Waals surface area contributed by atoms with Crippen LogP contribution in [0.15, 0.2) is 0 Å². The zero-order valence-corrected chi connectivity index (χ0v) is 7.80. The minimum Gasteiger partial charge on any atom is -0.131 e. The Balaban J connectivity index is 0. The van der Waals surface area contributed by atoms with Gasteiger partial charge < -0.3 is 0 Å². The van der Waals surface area contributed by atoms with Gasteiger partial charge >= 0.3 is 16.5 Å². The molecule has 0 saturated heterocycles. The Hall–Kier alpha value is 1.08. The summed E-state index contributed by atoms with van der Waals surface area (Å²) >= 11 is 0. The van der Waals surface area contributed by atoms with Crippen LogP contribution in [0.1, 0.15) is 0 Å². The molecule has 0 aromatic heterocycles. The molecule has 8 heteroatoms. The van der Waals surface area contributed by atoms with Crippen LogP contribution in [0.2, 0.25) is 0 Å². The van der Waals surface area contributed by atoms with Crippen LogP contribution in [-0.4, -0.2) is 39.3 Å². The van der Waals surface area contributed by atoms with Crippen molar-refractivity contribution in [1.82, 2.24) is 0 Å². The molecule has 1 radical (unpaired) electrons. The Morgan fingerprint density at radius 3 is 1.38 bits per heavy atom. The molecule has 5 nitrogen and oxygen atoms in total. The van der Waals surface area contributed by atoms with Crippen molar-refractivity contribution in [3.05, 3.63) is 0 Å². The maximum absolute atomic E-state index is 9.39. The molecule has 0 aromatic carbocycles. The molecule has 8 heavy (non-hydrogen) atoms. The maximum atomic E-state index is 9.39. The van der Waals surface area contributed by atoms with Gasteiger partial charge in [0.2, 0.25) is 0 Å². The first-order valence-corrected chi connectivity index (χ1v) is 3.39. The van der Waals surface area contributed by atoms with Crippen molar-refractivity contribution in [1.29, 1.82) is 0 Å².